The molecule has 3 N–H and O–H groups in total. The number of carbonyl (C=O) groups is 3. The Kier molecular flexibility index (Phi) is 6.56. The lowest BCUT2D eigenvalue weighted by atomic mass is 10.0. The first kappa shape index (κ1) is 18.5. The number of carboxylic acids is 1. The molecule has 23 heavy (non-hydrogen) atoms. The van der Waals surface area contributed by atoms with Gasteiger partial charge in [0.25, 0.3) is 0 Å². The number of aliphatic carboxylic acids is 1. The Morgan fingerprint density at radius 2 is 1.78 bits per heavy atom. The minimum absolute atomic E-state index is 0.188. The number of benzene rings is 1. The van der Waals surface area contributed by atoms with Crippen LogP contribution in [0.5, 0.6) is 0 Å². The molecule has 0 fully saturated rings. The summed E-state index contributed by atoms with van der Waals surface area (Å²) in [6, 6.07) is 6.13. The number of carboxylic acid groups (broad SMARTS) is 1. The van der Waals surface area contributed by atoms with Crippen molar-refractivity contribution in [3.8, 4) is 0 Å². The molecule has 1 aromatic carbocycles. The number of nitrogens with one attached hydrogen (secondary N) is 2. The summed E-state index contributed by atoms with van der Waals surface area (Å²) >= 11 is 0. The molecular formula is C16H22N2O5. The summed E-state index contributed by atoms with van der Waals surface area (Å²) in [6.45, 7) is 5.67. The highest BCUT2D eigenvalue weighted by atomic mass is 16.6. The molecule has 0 heterocycles. The van der Waals surface area contributed by atoms with Gasteiger partial charge in [-0.15, -0.1) is 0 Å². The third-order valence-electron chi connectivity index (χ3n) is 2.87. The van der Waals surface area contributed by atoms with E-state index in [0.29, 0.717) is 13.0 Å². The van der Waals surface area contributed by atoms with Crippen molar-refractivity contribution in [1.82, 2.24) is 10.6 Å². The third kappa shape index (κ3) is 7.30. The smallest absolute Gasteiger partial charge is 0.407 e. The minimum atomic E-state index is -1.09. The number of amides is 2. The highest BCUT2D eigenvalue weighted by Gasteiger charge is 2.17. The second-order valence-corrected chi connectivity index (χ2v) is 6.05. The van der Waals surface area contributed by atoms with Crippen molar-refractivity contribution in [1.29, 1.82) is 0 Å². The monoisotopic (exact) mass is 322 g/mol. The molecule has 0 bridgehead atoms. The molecule has 1 rings (SSSR count). The van der Waals surface area contributed by atoms with Crippen molar-refractivity contribution in [2.24, 2.45) is 0 Å². The fraction of sp³-hybridized carbons (Fsp3) is 0.438. The fourth-order valence-electron chi connectivity index (χ4n) is 1.82. The van der Waals surface area contributed by atoms with Crippen molar-refractivity contribution < 1.29 is 24.2 Å². The van der Waals surface area contributed by atoms with E-state index in [2.05, 4.69) is 10.6 Å². The summed E-state index contributed by atoms with van der Waals surface area (Å²) in [5, 5.41) is 13.9. The topological polar surface area (TPSA) is 105 Å². The number of carbonyl (C=O) groups excluding carboxylic acids is 2. The fourth-order valence-corrected chi connectivity index (χ4v) is 1.82. The molecule has 0 saturated carbocycles. The zero-order valence-corrected chi connectivity index (χ0v) is 13.5. The molecule has 1 atom stereocenters. The van der Waals surface area contributed by atoms with Crippen LogP contribution in [0.3, 0.4) is 0 Å². The number of hydrogen-bond acceptors (Lipinski definition) is 4. The maximum atomic E-state index is 11.6. The van der Waals surface area contributed by atoms with Gasteiger partial charge in [-0.3, -0.25) is 4.79 Å². The molecular weight excluding hydrogens is 300 g/mol. The Balaban J connectivity index is 2.54. The van der Waals surface area contributed by atoms with Gasteiger partial charge in [-0.2, -0.15) is 0 Å². The molecule has 1 aromatic rings. The summed E-state index contributed by atoms with van der Waals surface area (Å²) < 4.78 is 5.13. The van der Waals surface area contributed by atoms with Crippen molar-refractivity contribution in [2.45, 2.75) is 45.4 Å². The number of rotatable bonds is 7. The Morgan fingerprint density at radius 3 is 2.26 bits per heavy atom. The molecule has 7 heteroatoms. The van der Waals surface area contributed by atoms with Gasteiger partial charge in [0.05, 0.1) is 0 Å². The van der Waals surface area contributed by atoms with E-state index in [1.165, 1.54) is 0 Å². The van der Waals surface area contributed by atoms with Crippen LogP contribution < -0.4 is 10.6 Å². The molecule has 2 amide bonds. The van der Waals surface area contributed by atoms with E-state index in [4.69, 9.17) is 9.84 Å². The van der Waals surface area contributed by atoms with E-state index in [1.54, 1.807) is 45.0 Å². The molecule has 0 radical (unpaired) electrons. The number of ether oxygens (including phenoxy) is 1. The van der Waals surface area contributed by atoms with Crippen LogP contribution in [0.2, 0.25) is 0 Å². The first-order valence-corrected chi connectivity index (χ1v) is 7.18. The van der Waals surface area contributed by atoms with Crippen LogP contribution in [0.15, 0.2) is 24.3 Å². The summed E-state index contributed by atoms with van der Waals surface area (Å²) in [5.74, 6) is -1.09. The largest absolute Gasteiger partial charge is 0.480 e. The summed E-state index contributed by atoms with van der Waals surface area (Å²) in [6.07, 6.45) is 0.0638. The third-order valence-corrected chi connectivity index (χ3v) is 2.87. The molecule has 0 aliphatic rings. The average Bonchev–Trinajstić information content (AvgIpc) is 2.44. The van der Waals surface area contributed by atoms with Crippen LogP contribution in [0, 0.1) is 0 Å². The molecule has 0 aromatic heterocycles. The Bertz CT molecular complexity index is 549. The van der Waals surface area contributed by atoms with Gasteiger partial charge in [-0.05, 0) is 31.9 Å². The van der Waals surface area contributed by atoms with Crippen LogP contribution >= 0.6 is 0 Å². The van der Waals surface area contributed by atoms with Crippen LogP contribution in [0.1, 0.15) is 31.9 Å². The van der Waals surface area contributed by atoms with E-state index >= 15 is 0 Å². The maximum absolute atomic E-state index is 11.6. The standard InChI is InChI=1S/C16H22N2O5/c1-16(2,3)23-15(22)17-9-12-6-4-11(5-7-12)8-13(14(20)21)18-10-19/h4-7,10,13H,8-9H2,1-3H3,(H,17,22)(H,18,19)(H,20,21). The van der Waals surface area contributed by atoms with E-state index in [0.717, 1.165) is 11.1 Å². The Labute approximate surface area is 135 Å². The molecule has 7 nitrogen and oxygen atoms in total. The lowest BCUT2D eigenvalue weighted by Gasteiger charge is -2.19. The second-order valence-electron chi connectivity index (χ2n) is 6.05. The van der Waals surface area contributed by atoms with Crippen molar-refractivity contribution in [3.05, 3.63) is 35.4 Å². The van der Waals surface area contributed by atoms with E-state index < -0.39 is 23.7 Å². The van der Waals surface area contributed by atoms with Gasteiger partial charge < -0.3 is 20.5 Å². The lowest BCUT2D eigenvalue weighted by molar-refractivity contribution is -0.140. The van der Waals surface area contributed by atoms with Crippen LogP contribution in [-0.2, 0) is 27.3 Å². The highest BCUT2D eigenvalue weighted by Crippen LogP contribution is 2.09. The average molecular weight is 322 g/mol. The second kappa shape index (κ2) is 8.17. The van der Waals surface area contributed by atoms with E-state index in [9.17, 15) is 14.4 Å². The quantitative estimate of drug-likeness (QED) is 0.659. The van der Waals surface area contributed by atoms with Gasteiger partial charge in [0.2, 0.25) is 6.41 Å². The molecule has 0 aliphatic carbocycles. The number of hydrogen-bond donors (Lipinski definition) is 3. The van der Waals surface area contributed by atoms with Gasteiger partial charge in [0, 0.05) is 13.0 Å². The van der Waals surface area contributed by atoms with Crippen molar-refractivity contribution in [3.63, 3.8) is 0 Å². The minimum Gasteiger partial charge on any atom is -0.480 e. The Hall–Kier alpha value is -2.57. The Morgan fingerprint density at radius 1 is 1.22 bits per heavy atom. The maximum Gasteiger partial charge on any atom is 0.407 e. The SMILES string of the molecule is CC(C)(C)OC(=O)NCc1ccc(CC(NC=O)C(=O)O)cc1. The summed E-state index contributed by atoms with van der Waals surface area (Å²) in [5.41, 5.74) is 1.08. The van der Waals surface area contributed by atoms with Crippen LogP contribution in [-0.4, -0.2) is 35.2 Å². The van der Waals surface area contributed by atoms with E-state index in [1.807, 2.05) is 0 Å². The predicted molar refractivity (Wildman–Crippen MR) is 83.8 cm³/mol. The van der Waals surface area contributed by atoms with Gasteiger partial charge in [-0.25, -0.2) is 9.59 Å². The van der Waals surface area contributed by atoms with Crippen LogP contribution in [0.4, 0.5) is 4.79 Å². The zero-order chi connectivity index (χ0) is 17.5. The molecule has 0 spiro atoms. The van der Waals surface area contributed by atoms with Crippen LogP contribution in [0.25, 0.3) is 0 Å². The summed E-state index contributed by atoms with van der Waals surface area (Å²) in [7, 11) is 0. The first-order chi connectivity index (χ1) is 10.7. The molecule has 126 valence electrons. The molecule has 0 saturated heterocycles. The predicted octanol–water partition coefficient (Wildman–Crippen LogP) is 1.45. The van der Waals surface area contributed by atoms with Gasteiger partial charge in [-0.1, -0.05) is 24.3 Å². The molecule has 0 aliphatic heterocycles. The van der Waals surface area contributed by atoms with Crippen molar-refractivity contribution in [2.75, 3.05) is 0 Å². The van der Waals surface area contributed by atoms with Gasteiger partial charge >= 0.3 is 12.1 Å². The lowest BCUT2D eigenvalue weighted by Crippen LogP contribution is -2.37. The van der Waals surface area contributed by atoms with E-state index in [-0.39, 0.29) is 6.42 Å². The zero-order valence-electron chi connectivity index (χ0n) is 13.5. The van der Waals surface area contributed by atoms with Gasteiger partial charge in [0.15, 0.2) is 0 Å². The molecule has 1 unspecified atom stereocenters. The summed E-state index contributed by atoms with van der Waals surface area (Å²) in [4.78, 5) is 32.9. The van der Waals surface area contributed by atoms with Crippen molar-refractivity contribution >= 4 is 18.5 Å². The highest BCUT2D eigenvalue weighted by molar-refractivity contribution is 5.76. The normalized spacial score (nSPS) is 12.1. The first-order valence-electron chi connectivity index (χ1n) is 7.18. The van der Waals surface area contributed by atoms with Gasteiger partial charge in [0.1, 0.15) is 11.6 Å². The number of alkyl carbamates (subject to hydrolysis) is 1.